The van der Waals surface area contributed by atoms with Gasteiger partial charge in [-0.3, -0.25) is 14.6 Å². The summed E-state index contributed by atoms with van der Waals surface area (Å²) in [6.45, 7) is 0.992. The second-order valence-corrected chi connectivity index (χ2v) is 6.42. The zero-order valence-corrected chi connectivity index (χ0v) is 16.6. The number of amides is 2. The molecule has 0 aliphatic carbocycles. The van der Waals surface area contributed by atoms with Crippen LogP contribution in [0.4, 0.5) is 0 Å². The molecule has 2 N–H and O–H groups in total. The fourth-order valence-corrected chi connectivity index (χ4v) is 2.68. The third-order valence-electron chi connectivity index (χ3n) is 4.27. The van der Waals surface area contributed by atoms with Crippen LogP contribution in [-0.4, -0.2) is 37.0 Å². The number of pyridine rings is 1. The van der Waals surface area contributed by atoms with Crippen LogP contribution in [0, 0.1) is 0 Å². The molecule has 1 aromatic heterocycles. The Morgan fingerprint density at radius 1 is 0.867 bits per heavy atom. The van der Waals surface area contributed by atoms with Crippen molar-refractivity contribution in [3.63, 3.8) is 0 Å². The molecule has 0 saturated heterocycles. The van der Waals surface area contributed by atoms with E-state index in [9.17, 15) is 9.59 Å². The summed E-state index contributed by atoms with van der Waals surface area (Å²) in [5, 5.41) is 5.55. The molecule has 154 valence electrons. The number of carbonyl (C=O) groups is 2. The van der Waals surface area contributed by atoms with Gasteiger partial charge >= 0.3 is 0 Å². The first kappa shape index (κ1) is 20.9. The number of carbonyl (C=O) groups excluding carboxylic acids is 2. The van der Waals surface area contributed by atoms with Gasteiger partial charge in [0.15, 0.2) is 0 Å². The van der Waals surface area contributed by atoms with Crippen molar-refractivity contribution in [2.45, 2.75) is 6.61 Å². The normalized spacial score (nSPS) is 10.2. The number of hydrogen-bond acceptors (Lipinski definition) is 5. The van der Waals surface area contributed by atoms with Gasteiger partial charge in [-0.15, -0.1) is 0 Å². The minimum atomic E-state index is -0.236. The van der Waals surface area contributed by atoms with Gasteiger partial charge in [-0.1, -0.05) is 12.1 Å². The summed E-state index contributed by atoms with van der Waals surface area (Å²) in [4.78, 5) is 28.5. The Morgan fingerprint density at radius 2 is 1.60 bits per heavy atom. The van der Waals surface area contributed by atoms with E-state index < -0.39 is 0 Å². The quantitative estimate of drug-likeness (QED) is 0.535. The van der Waals surface area contributed by atoms with E-state index in [4.69, 9.17) is 9.47 Å². The van der Waals surface area contributed by atoms with Gasteiger partial charge in [0, 0.05) is 42.2 Å². The molecule has 0 radical (unpaired) electrons. The number of hydrogen-bond donors (Lipinski definition) is 2. The van der Waals surface area contributed by atoms with Gasteiger partial charge in [-0.2, -0.15) is 0 Å². The van der Waals surface area contributed by atoms with Crippen molar-refractivity contribution < 1.29 is 19.1 Å². The van der Waals surface area contributed by atoms with E-state index in [1.165, 1.54) is 0 Å². The molecule has 30 heavy (non-hydrogen) atoms. The van der Waals surface area contributed by atoms with Gasteiger partial charge in [0.1, 0.15) is 18.1 Å². The third kappa shape index (κ3) is 6.07. The van der Waals surface area contributed by atoms with Crippen LogP contribution in [0.3, 0.4) is 0 Å². The Balaban J connectivity index is 1.43. The molecule has 0 unspecified atom stereocenters. The zero-order chi connectivity index (χ0) is 21.2. The summed E-state index contributed by atoms with van der Waals surface area (Å²) in [7, 11) is 1.57. The monoisotopic (exact) mass is 405 g/mol. The highest BCUT2D eigenvalue weighted by molar-refractivity contribution is 5.95. The van der Waals surface area contributed by atoms with Gasteiger partial charge in [0.25, 0.3) is 11.8 Å². The van der Waals surface area contributed by atoms with Crippen LogP contribution in [0.1, 0.15) is 26.3 Å². The minimum absolute atomic E-state index is 0.210. The number of benzene rings is 2. The maximum Gasteiger partial charge on any atom is 0.251 e. The van der Waals surface area contributed by atoms with E-state index in [2.05, 4.69) is 15.6 Å². The summed E-state index contributed by atoms with van der Waals surface area (Å²) in [6.07, 6.45) is 3.44. The van der Waals surface area contributed by atoms with Crippen molar-refractivity contribution in [1.82, 2.24) is 15.6 Å². The van der Waals surface area contributed by atoms with E-state index in [0.29, 0.717) is 42.3 Å². The zero-order valence-electron chi connectivity index (χ0n) is 16.6. The molecule has 2 amide bonds. The summed E-state index contributed by atoms with van der Waals surface area (Å²) < 4.78 is 10.8. The average molecular weight is 405 g/mol. The second kappa shape index (κ2) is 10.6. The maximum atomic E-state index is 12.4. The van der Waals surface area contributed by atoms with Crippen LogP contribution < -0.4 is 20.1 Å². The molecule has 3 aromatic rings. The number of aromatic nitrogens is 1. The fraction of sp³-hybridized carbons (Fsp3) is 0.174. The molecule has 1 heterocycles. The van der Waals surface area contributed by atoms with E-state index in [-0.39, 0.29) is 11.8 Å². The Hall–Kier alpha value is -3.87. The number of methoxy groups -OCH3 is 1. The van der Waals surface area contributed by atoms with Crippen molar-refractivity contribution in [3.8, 4) is 11.5 Å². The van der Waals surface area contributed by atoms with Gasteiger partial charge < -0.3 is 20.1 Å². The number of ether oxygens (including phenoxy) is 2. The smallest absolute Gasteiger partial charge is 0.251 e. The van der Waals surface area contributed by atoms with Crippen LogP contribution in [0.25, 0.3) is 0 Å². The van der Waals surface area contributed by atoms with Crippen LogP contribution in [0.2, 0.25) is 0 Å². The summed E-state index contributed by atoms with van der Waals surface area (Å²) in [5.41, 5.74) is 1.96. The third-order valence-corrected chi connectivity index (χ3v) is 4.27. The predicted octanol–water partition coefficient (Wildman–Crippen LogP) is 2.83. The molecule has 0 saturated carbocycles. The molecule has 7 nitrogen and oxygen atoms in total. The molecule has 0 aliphatic rings. The number of nitrogens with zero attached hydrogens (tertiary/aromatic N) is 1. The molecular formula is C23H23N3O4. The topological polar surface area (TPSA) is 89.6 Å². The van der Waals surface area contributed by atoms with Crippen molar-refractivity contribution >= 4 is 11.8 Å². The predicted molar refractivity (Wildman–Crippen MR) is 113 cm³/mol. The SMILES string of the molecule is COc1ccc(C(=O)NCCNC(=O)c2cccc(OCc3cccnc3)c2)cc1. The van der Waals surface area contributed by atoms with Crippen molar-refractivity contribution in [2.24, 2.45) is 0 Å². The van der Waals surface area contributed by atoms with Crippen LogP contribution in [-0.2, 0) is 6.61 Å². The highest BCUT2D eigenvalue weighted by Crippen LogP contribution is 2.15. The highest BCUT2D eigenvalue weighted by atomic mass is 16.5. The molecule has 3 rings (SSSR count). The molecular weight excluding hydrogens is 382 g/mol. The molecule has 0 fully saturated rings. The first-order valence-electron chi connectivity index (χ1n) is 9.48. The van der Waals surface area contributed by atoms with Gasteiger partial charge in [0.2, 0.25) is 0 Å². The Morgan fingerprint density at radius 3 is 2.27 bits per heavy atom. The van der Waals surface area contributed by atoms with Crippen molar-refractivity contribution in [3.05, 3.63) is 89.7 Å². The van der Waals surface area contributed by atoms with E-state index in [1.807, 2.05) is 12.1 Å². The number of rotatable bonds is 9. The Kier molecular flexibility index (Phi) is 7.38. The van der Waals surface area contributed by atoms with Crippen molar-refractivity contribution in [1.29, 1.82) is 0 Å². The Bertz CT molecular complexity index is 975. The molecule has 7 heteroatoms. The fourth-order valence-electron chi connectivity index (χ4n) is 2.68. The van der Waals surface area contributed by atoms with Gasteiger partial charge in [0.05, 0.1) is 7.11 Å². The average Bonchev–Trinajstić information content (AvgIpc) is 2.81. The van der Waals surface area contributed by atoms with Crippen LogP contribution in [0.5, 0.6) is 11.5 Å². The standard InChI is InChI=1S/C23H23N3O4/c1-29-20-9-7-18(8-10-20)22(27)25-12-13-26-23(28)19-5-2-6-21(14-19)30-16-17-4-3-11-24-15-17/h2-11,14-15H,12-13,16H2,1H3,(H,25,27)(H,26,28). The molecule has 0 bridgehead atoms. The lowest BCUT2D eigenvalue weighted by Crippen LogP contribution is -2.34. The lowest BCUT2D eigenvalue weighted by molar-refractivity contribution is 0.0927. The van der Waals surface area contributed by atoms with Crippen LogP contribution >= 0.6 is 0 Å². The first-order chi connectivity index (χ1) is 14.7. The lowest BCUT2D eigenvalue weighted by Gasteiger charge is -2.10. The highest BCUT2D eigenvalue weighted by Gasteiger charge is 2.08. The first-order valence-corrected chi connectivity index (χ1v) is 9.48. The minimum Gasteiger partial charge on any atom is -0.497 e. The van der Waals surface area contributed by atoms with Gasteiger partial charge in [-0.05, 0) is 48.5 Å². The largest absolute Gasteiger partial charge is 0.497 e. The summed E-state index contributed by atoms with van der Waals surface area (Å²) in [6, 6.07) is 17.5. The second-order valence-electron chi connectivity index (χ2n) is 6.42. The van der Waals surface area contributed by atoms with Gasteiger partial charge in [-0.25, -0.2) is 0 Å². The van der Waals surface area contributed by atoms with E-state index in [0.717, 1.165) is 5.56 Å². The molecule has 0 spiro atoms. The summed E-state index contributed by atoms with van der Waals surface area (Å²) >= 11 is 0. The Labute approximate surface area is 175 Å². The van der Waals surface area contributed by atoms with Crippen LogP contribution in [0.15, 0.2) is 73.1 Å². The molecule has 0 atom stereocenters. The van der Waals surface area contributed by atoms with E-state index in [1.54, 1.807) is 68.0 Å². The number of nitrogens with one attached hydrogen (secondary N) is 2. The molecule has 0 aliphatic heterocycles. The van der Waals surface area contributed by atoms with E-state index >= 15 is 0 Å². The molecule has 2 aromatic carbocycles. The summed E-state index contributed by atoms with van der Waals surface area (Å²) in [5.74, 6) is 0.836. The maximum absolute atomic E-state index is 12.4. The van der Waals surface area contributed by atoms with Crippen molar-refractivity contribution in [2.75, 3.05) is 20.2 Å². The lowest BCUT2D eigenvalue weighted by atomic mass is 10.2.